The number of hydrogen-bond donors (Lipinski definition) is 1. The van der Waals surface area contributed by atoms with Gasteiger partial charge >= 0.3 is 0 Å². The molecule has 1 aromatic rings. The van der Waals surface area contributed by atoms with Crippen LogP contribution in [0.3, 0.4) is 0 Å². The number of Topliss-reactive ketones (excluding diaryl/α,β-unsaturated/α-hetero) is 1. The van der Waals surface area contributed by atoms with Gasteiger partial charge < -0.3 is 9.90 Å². The van der Waals surface area contributed by atoms with Crippen LogP contribution in [0.15, 0.2) is 36.4 Å². The van der Waals surface area contributed by atoms with Gasteiger partial charge in [0, 0.05) is 24.2 Å². The molecule has 3 heteroatoms. The van der Waals surface area contributed by atoms with E-state index < -0.39 is 6.10 Å². The van der Waals surface area contributed by atoms with Gasteiger partial charge in [-0.25, -0.2) is 0 Å². The smallest absolute Gasteiger partial charge is 0.136 e. The van der Waals surface area contributed by atoms with E-state index in [1.807, 2.05) is 0 Å². The molecule has 2 saturated carbocycles. The van der Waals surface area contributed by atoms with Crippen LogP contribution in [-0.2, 0) is 9.59 Å². The largest absolute Gasteiger partial charge is 0.388 e. The van der Waals surface area contributed by atoms with Crippen molar-refractivity contribution in [1.82, 2.24) is 0 Å². The molecule has 3 nitrogen and oxygen atoms in total. The van der Waals surface area contributed by atoms with Gasteiger partial charge in [-0.3, -0.25) is 4.79 Å². The van der Waals surface area contributed by atoms with Crippen LogP contribution >= 0.6 is 0 Å². The number of ketones is 1. The minimum atomic E-state index is -0.399. The molecule has 3 atom stereocenters. The van der Waals surface area contributed by atoms with Crippen molar-refractivity contribution in [2.24, 2.45) is 11.3 Å². The zero-order valence-corrected chi connectivity index (χ0v) is 17.8. The number of unbranched alkanes of at least 4 members (excludes halogenated alkanes) is 2. The molecule has 0 aliphatic heterocycles. The van der Waals surface area contributed by atoms with Crippen LogP contribution in [0, 0.1) is 11.3 Å². The summed E-state index contributed by atoms with van der Waals surface area (Å²) in [5, 5.41) is 11.1. The van der Waals surface area contributed by atoms with Crippen LogP contribution in [-0.4, -0.2) is 17.2 Å². The Balaban J connectivity index is 1.69. The third-order valence-corrected chi connectivity index (χ3v) is 7.18. The van der Waals surface area contributed by atoms with E-state index in [1.54, 1.807) is 0 Å². The molecule has 0 bridgehead atoms. The Labute approximate surface area is 175 Å². The summed E-state index contributed by atoms with van der Waals surface area (Å²) in [5.41, 5.74) is 2.29. The fourth-order valence-corrected chi connectivity index (χ4v) is 5.39. The summed E-state index contributed by atoms with van der Waals surface area (Å²) in [4.78, 5) is 22.9. The Morgan fingerprint density at radius 1 is 1.24 bits per heavy atom. The van der Waals surface area contributed by atoms with Gasteiger partial charge in [0.1, 0.15) is 12.1 Å². The van der Waals surface area contributed by atoms with E-state index in [0.717, 1.165) is 63.2 Å². The third kappa shape index (κ3) is 5.06. The molecule has 0 saturated heterocycles. The van der Waals surface area contributed by atoms with Gasteiger partial charge in [0.05, 0.1) is 6.10 Å². The Morgan fingerprint density at radius 2 is 2.07 bits per heavy atom. The quantitative estimate of drug-likeness (QED) is 0.281. The predicted octanol–water partition coefficient (Wildman–Crippen LogP) is 6.07. The van der Waals surface area contributed by atoms with E-state index in [4.69, 9.17) is 0 Å². The minimum Gasteiger partial charge on any atom is -0.388 e. The van der Waals surface area contributed by atoms with E-state index in [0.29, 0.717) is 18.6 Å². The van der Waals surface area contributed by atoms with Crippen molar-refractivity contribution >= 4 is 12.1 Å². The molecule has 2 unspecified atom stereocenters. The monoisotopic (exact) mass is 396 g/mol. The van der Waals surface area contributed by atoms with E-state index in [-0.39, 0.29) is 17.3 Å². The maximum Gasteiger partial charge on any atom is 0.136 e. The average Bonchev–Trinajstić information content (AvgIpc) is 3.07. The normalized spacial score (nSPS) is 24.6. The number of aliphatic hydroxyl groups is 1. The summed E-state index contributed by atoms with van der Waals surface area (Å²) in [5.74, 6) is 0.649. The second-order valence-electron chi connectivity index (χ2n) is 9.06. The molecule has 0 amide bonds. The Bertz CT molecular complexity index is 716. The third-order valence-electron chi connectivity index (χ3n) is 7.18. The second-order valence-corrected chi connectivity index (χ2v) is 9.06. The van der Waals surface area contributed by atoms with Crippen LogP contribution < -0.4 is 0 Å². The van der Waals surface area contributed by atoms with Crippen molar-refractivity contribution in [3.63, 3.8) is 0 Å². The molecule has 29 heavy (non-hydrogen) atoms. The Morgan fingerprint density at radius 3 is 2.76 bits per heavy atom. The molecule has 2 aliphatic rings. The number of rotatable bonds is 11. The topological polar surface area (TPSA) is 54.4 Å². The maximum absolute atomic E-state index is 12.5. The van der Waals surface area contributed by atoms with Crippen LogP contribution in [0.1, 0.15) is 101 Å². The van der Waals surface area contributed by atoms with Crippen LogP contribution in [0.25, 0.3) is 0 Å². The van der Waals surface area contributed by atoms with Gasteiger partial charge in [0.25, 0.3) is 0 Å². The van der Waals surface area contributed by atoms with Gasteiger partial charge in [-0.05, 0) is 62.0 Å². The number of carbonyl (C=O) groups excluding carboxylic acids is 2. The molecule has 2 aliphatic carbocycles. The summed E-state index contributed by atoms with van der Waals surface area (Å²) in [6, 6.07) is 8.42. The summed E-state index contributed by atoms with van der Waals surface area (Å²) >= 11 is 0. The lowest BCUT2D eigenvalue weighted by Gasteiger charge is -2.46. The zero-order chi connectivity index (χ0) is 20.7. The Hall–Kier alpha value is -1.74. The van der Waals surface area contributed by atoms with Gasteiger partial charge in [-0.1, -0.05) is 56.2 Å². The van der Waals surface area contributed by atoms with E-state index in [1.165, 1.54) is 12.0 Å². The molecular weight excluding hydrogens is 360 g/mol. The summed E-state index contributed by atoms with van der Waals surface area (Å²) in [6.45, 7) is 2.20. The second kappa shape index (κ2) is 10.3. The fraction of sp³-hybridized carbons (Fsp3) is 0.615. The number of benzene rings is 1. The first-order valence-electron chi connectivity index (χ1n) is 11.5. The molecule has 0 aromatic heterocycles. The van der Waals surface area contributed by atoms with Crippen molar-refractivity contribution in [2.45, 2.75) is 89.6 Å². The Kier molecular flexibility index (Phi) is 7.83. The molecule has 1 aromatic carbocycles. The first-order chi connectivity index (χ1) is 14.1. The van der Waals surface area contributed by atoms with E-state index in [2.05, 4.69) is 43.3 Å². The molecule has 1 N–H and O–H groups in total. The van der Waals surface area contributed by atoms with Crippen molar-refractivity contribution in [3.8, 4) is 0 Å². The number of aldehydes is 1. The summed E-state index contributed by atoms with van der Waals surface area (Å²) < 4.78 is 0. The molecular formula is C26H36O3. The van der Waals surface area contributed by atoms with Crippen LogP contribution in [0.4, 0.5) is 0 Å². The maximum atomic E-state index is 12.5. The lowest BCUT2D eigenvalue weighted by atomic mass is 9.61. The molecule has 0 radical (unpaired) electrons. The van der Waals surface area contributed by atoms with Gasteiger partial charge in [0.2, 0.25) is 0 Å². The van der Waals surface area contributed by atoms with Crippen molar-refractivity contribution in [3.05, 3.63) is 47.5 Å². The minimum absolute atomic E-state index is 0.0398. The van der Waals surface area contributed by atoms with Gasteiger partial charge in [0.15, 0.2) is 0 Å². The highest BCUT2D eigenvalue weighted by molar-refractivity contribution is 5.84. The number of hydrogen-bond acceptors (Lipinski definition) is 3. The molecule has 158 valence electrons. The first-order valence-corrected chi connectivity index (χ1v) is 11.5. The van der Waals surface area contributed by atoms with Crippen LogP contribution in [0.2, 0.25) is 0 Å². The van der Waals surface area contributed by atoms with Gasteiger partial charge in [-0.15, -0.1) is 0 Å². The molecule has 0 spiro atoms. The van der Waals surface area contributed by atoms with Crippen molar-refractivity contribution < 1.29 is 14.7 Å². The van der Waals surface area contributed by atoms with E-state index >= 15 is 0 Å². The fourth-order valence-electron chi connectivity index (χ4n) is 5.39. The highest BCUT2D eigenvalue weighted by Gasteiger charge is 2.43. The SMILES string of the molecule is CCCC1(C(O)c2cccc(C3CCC(=O)[C@@H]3C/C=C\CCCC=O)c2)CCC1. The highest BCUT2D eigenvalue weighted by Crippen LogP contribution is 2.53. The lowest BCUT2D eigenvalue weighted by Crippen LogP contribution is -2.36. The summed E-state index contributed by atoms with van der Waals surface area (Å²) in [6.07, 6.45) is 15.1. The van der Waals surface area contributed by atoms with Crippen molar-refractivity contribution in [2.75, 3.05) is 0 Å². The average molecular weight is 397 g/mol. The first kappa shape index (κ1) is 22.0. The van der Waals surface area contributed by atoms with Crippen molar-refractivity contribution in [1.29, 1.82) is 0 Å². The lowest BCUT2D eigenvalue weighted by molar-refractivity contribution is -0.120. The zero-order valence-electron chi connectivity index (χ0n) is 17.8. The molecule has 3 rings (SSSR count). The summed E-state index contributed by atoms with van der Waals surface area (Å²) in [7, 11) is 0. The number of allylic oxidation sites excluding steroid dienone is 2. The molecule has 0 heterocycles. The number of carbonyl (C=O) groups is 2. The van der Waals surface area contributed by atoms with Crippen LogP contribution in [0.5, 0.6) is 0 Å². The standard InChI is InChI=1S/C26H36O3/c1-2-15-26(16-9-17-26)25(29)21-11-8-10-20(19-21)22-13-14-24(28)23(22)12-6-4-3-5-7-18-27/h4,6,8,10-11,18-19,22-23,25,29H,2-3,5,7,9,12-17H2,1H3/b6-4-/t22?,23-,25?/m1/s1. The predicted molar refractivity (Wildman–Crippen MR) is 117 cm³/mol. The van der Waals surface area contributed by atoms with Gasteiger partial charge in [-0.2, -0.15) is 0 Å². The number of aliphatic hydroxyl groups excluding tert-OH is 1. The highest BCUT2D eigenvalue weighted by atomic mass is 16.3. The molecule has 2 fully saturated rings. The van der Waals surface area contributed by atoms with E-state index in [9.17, 15) is 14.7 Å².